The van der Waals surface area contributed by atoms with E-state index in [9.17, 15) is 9.59 Å². The van der Waals surface area contributed by atoms with Crippen molar-refractivity contribution in [1.29, 1.82) is 0 Å². The SMILES string of the molecule is COC(=O)C1CCN1CC(=O)NCC(C)C. The first-order valence-electron chi connectivity index (χ1n) is 5.63. The second kappa shape index (κ2) is 5.84. The Balaban J connectivity index is 2.27. The Morgan fingerprint density at radius 3 is 2.62 bits per heavy atom. The molecule has 5 nitrogen and oxygen atoms in total. The van der Waals surface area contributed by atoms with Gasteiger partial charge in [0, 0.05) is 13.1 Å². The number of nitrogens with zero attached hydrogens (tertiary/aromatic N) is 1. The van der Waals surface area contributed by atoms with Gasteiger partial charge in [-0.1, -0.05) is 13.8 Å². The van der Waals surface area contributed by atoms with Crippen LogP contribution in [0.5, 0.6) is 0 Å². The Hall–Kier alpha value is -1.10. The van der Waals surface area contributed by atoms with Gasteiger partial charge in [0.1, 0.15) is 6.04 Å². The zero-order valence-corrected chi connectivity index (χ0v) is 10.2. The van der Waals surface area contributed by atoms with Crippen LogP contribution < -0.4 is 5.32 Å². The molecule has 0 aromatic rings. The molecule has 0 bridgehead atoms. The number of carbonyl (C=O) groups excluding carboxylic acids is 2. The zero-order chi connectivity index (χ0) is 12.1. The number of rotatable bonds is 5. The first kappa shape index (κ1) is 13.0. The van der Waals surface area contributed by atoms with E-state index in [0.29, 0.717) is 12.5 Å². The van der Waals surface area contributed by atoms with Crippen LogP contribution in [0.4, 0.5) is 0 Å². The largest absolute Gasteiger partial charge is 0.468 e. The lowest BCUT2D eigenvalue weighted by atomic mass is 10.0. The van der Waals surface area contributed by atoms with E-state index in [1.807, 2.05) is 18.7 Å². The number of nitrogens with one attached hydrogen (secondary N) is 1. The molecule has 0 aromatic carbocycles. The maximum absolute atomic E-state index is 11.5. The fraction of sp³-hybridized carbons (Fsp3) is 0.818. The van der Waals surface area contributed by atoms with Gasteiger partial charge >= 0.3 is 5.97 Å². The van der Waals surface area contributed by atoms with Gasteiger partial charge in [0.05, 0.1) is 13.7 Å². The highest BCUT2D eigenvalue weighted by Crippen LogP contribution is 2.17. The predicted octanol–water partition coefficient (Wildman–Crippen LogP) is 0.00590. The molecule has 0 spiro atoms. The first-order valence-corrected chi connectivity index (χ1v) is 5.63. The van der Waals surface area contributed by atoms with Gasteiger partial charge in [0.25, 0.3) is 0 Å². The highest BCUT2D eigenvalue weighted by molar-refractivity contribution is 5.81. The Morgan fingerprint density at radius 2 is 2.19 bits per heavy atom. The van der Waals surface area contributed by atoms with Crippen LogP contribution >= 0.6 is 0 Å². The molecule has 1 atom stereocenters. The van der Waals surface area contributed by atoms with E-state index < -0.39 is 0 Å². The molecule has 1 amide bonds. The van der Waals surface area contributed by atoms with Gasteiger partial charge in [-0.15, -0.1) is 0 Å². The number of esters is 1. The fourth-order valence-electron chi connectivity index (χ4n) is 1.59. The van der Waals surface area contributed by atoms with Crippen molar-refractivity contribution in [1.82, 2.24) is 10.2 Å². The van der Waals surface area contributed by atoms with Crippen LogP contribution in [0.1, 0.15) is 20.3 Å². The normalized spacial score (nSPS) is 20.4. The van der Waals surface area contributed by atoms with Gasteiger partial charge in [-0.2, -0.15) is 0 Å². The first-order chi connectivity index (χ1) is 7.54. The number of carbonyl (C=O) groups is 2. The van der Waals surface area contributed by atoms with E-state index >= 15 is 0 Å². The van der Waals surface area contributed by atoms with Crippen molar-refractivity contribution < 1.29 is 14.3 Å². The fourth-order valence-corrected chi connectivity index (χ4v) is 1.59. The van der Waals surface area contributed by atoms with Gasteiger partial charge in [-0.25, -0.2) is 0 Å². The van der Waals surface area contributed by atoms with Crippen LogP contribution in [0.2, 0.25) is 0 Å². The second-order valence-electron chi connectivity index (χ2n) is 4.50. The van der Waals surface area contributed by atoms with Crippen LogP contribution in [0.15, 0.2) is 0 Å². The van der Waals surface area contributed by atoms with Gasteiger partial charge in [0.2, 0.25) is 5.91 Å². The Kier molecular flexibility index (Phi) is 4.73. The van der Waals surface area contributed by atoms with Gasteiger partial charge in [-0.3, -0.25) is 14.5 Å². The van der Waals surface area contributed by atoms with Gasteiger partial charge in [0.15, 0.2) is 0 Å². The molecule has 0 aromatic heterocycles. The minimum absolute atomic E-state index is 0.0256. The van der Waals surface area contributed by atoms with E-state index in [4.69, 9.17) is 0 Å². The number of hydrogen-bond acceptors (Lipinski definition) is 4. The minimum Gasteiger partial charge on any atom is -0.468 e. The number of amides is 1. The molecule has 0 saturated carbocycles. The molecule has 1 rings (SSSR count). The zero-order valence-electron chi connectivity index (χ0n) is 10.2. The number of likely N-dealkylation sites (tertiary alicyclic amines) is 1. The van der Waals surface area contributed by atoms with Crippen LogP contribution in [0.3, 0.4) is 0 Å². The van der Waals surface area contributed by atoms with Gasteiger partial charge in [-0.05, 0) is 12.3 Å². The Morgan fingerprint density at radius 1 is 1.50 bits per heavy atom. The Labute approximate surface area is 96.1 Å². The van der Waals surface area contributed by atoms with E-state index in [1.54, 1.807) is 0 Å². The standard InChI is InChI=1S/C11H20N2O3/c1-8(2)6-12-10(14)7-13-5-4-9(13)11(15)16-3/h8-9H,4-7H2,1-3H3,(H,12,14). The van der Waals surface area contributed by atoms with Crippen molar-refractivity contribution in [3.63, 3.8) is 0 Å². The van der Waals surface area contributed by atoms with Crippen molar-refractivity contribution in [2.24, 2.45) is 5.92 Å². The van der Waals surface area contributed by atoms with Crippen molar-refractivity contribution in [2.45, 2.75) is 26.3 Å². The van der Waals surface area contributed by atoms with Crippen molar-refractivity contribution >= 4 is 11.9 Å². The lowest BCUT2D eigenvalue weighted by molar-refractivity contribution is -0.152. The summed E-state index contributed by atoms with van der Waals surface area (Å²) in [5.74, 6) is 0.168. The average Bonchev–Trinajstić information content (AvgIpc) is 2.21. The lowest BCUT2D eigenvalue weighted by Crippen LogP contribution is -2.55. The molecule has 0 radical (unpaired) electrons. The number of ether oxygens (including phenoxy) is 1. The van der Waals surface area contributed by atoms with E-state index in [0.717, 1.165) is 13.0 Å². The highest BCUT2D eigenvalue weighted by Gasteiger charge is 2.35. The summed E-state index contributed by atoms with van der Waals surface area (Å²) in [6.07, 6.45) is 0.782. The van der Waals surface area contributed by atoms with Crippen LogP contribution in [0.25, 0.3) is 0 Å². The van der Waals surface area contributed by atoms with Crippen molar-refractivity contribution in [3.8, 4) is 0 Å². The van der Waals surface area contributed by atoms with E-state index in [2.05, 4.69) is 10.1 Å². The summed E-state index contributed by atoms with van der Waals surface area (Å²) in [7, 11) is 1.37. The summed E-state index contributed by atoms with van der Waals surface area (Å²) in [6.45, 7) is 5.83. The summed E-state index contributed by atoms with van der Waals surface area (Å²) in [6, 6.07) is -0.227. The topological polar surface area (TPSA) is 58.6 Å². The van der Waals surface area contributed by atoms with Crippen LogP contribution in [-0.4, -0.2) is 49.6 Å². The number of methoxy groups -OCH3 is 1. The summed E-state index contributed by atoms with van der Waals surface area (Å²) < 4.78 is 4.65. The molecular weight excluding hydrogens is 208 g/mol. The molecule has 5 heteroatoms. The third-order valence-electron chi connectivity index (χ3n) is 2.66. The number of hydrogen-bond donors (Lipinski definition) is 1. The molecule has 0 aliphatic carbocycles. The predicted molar refractivity (Wildman–Crippen MR) is 59.8 cm³/mol. The molecular formula is C11H20N2O3. The molecule has 1 aliphatic heterocycles. The third kappa shape index (κ3) is 3.48. The highest BCUT2D eigenvalue weighted by atomic mass is 16.5. The molecule has 16 heavy (non-hydrogen) atoms. The monoisotopic (exact) mass is 228 g/mol. The minimum atomic E-state index is -0.247. The second-order valence-corrected chi connectivity index (χ2v) is 4.50. The van der Waals surface area contributed by atoms with Crippen LogP contribution in [0, 0.1) is 5.92 Å². The van der Waals surface area contributed by atoms with Crippen LogP contribution in [-0.2, 0) is 14.3 Å². The third-order valence-corrected chi connectivity index (χ3v) is 2.66. The maximum Gasteiger partial charge on any atom is 0.323 e. The molecule has 1 N–H and O–H groups in total. The van der Waals surface area contributed by atoms with E-state index in [1.165, 1.54) is 7.11 Å². The maximum atomic E-state index is 11.5. The molecule has 92 valence electrons. The van der Waals surface area contributed by atoms with Crippen molar-refractivity contribution in [2.75, 3.05) is 26.7 Å². The molecule has 1 saturated heterocycles. The average molecular weight is 228 g/mol. The molecule has 1 unspecified atom stereocenters. The molecule has 1 heterocycles. The summed E-state index contributed by atoms with van der Waals surface area (Å²) >= 11 is 0. The quantitative estimate of drug-likeness (QED) is 0.673. The smallest absolute Gasteiger partial charge is 0.323 e. The summed E-state index contributed by atoms with van der Waals surface area (Å²) in [5, 5.41) is 2.83. The van der Waals surface area contributed by atoms with Crippen molar-refractivity contribution in [3.05, 3.63) is 0 Å². The Bertz CT molecular complexity index is 266. The van der Waals surface area contributed by atoms with E-state index in [-0.39, 0.29) is 24.5 Å². The summed E-state index contributed by atoms with van der Waals surface area (Å²) in [5.41, 5.74) is 0. The summed E-state index contributed by atoms with van der Waals surface area (Å²) in [4.78, 5) is 24.6. The lowest BCUT2D eigenvalue weighted by Gasteiger charge is -2.38. The van der Waals surface area contributed by atoms with Gasteiger partial charge < -0.3 is 10.1 Å². The molecule has 1 fully saturated rings. The molecule has 1 aliphatic rings.